The van der Waals surface area contributed by atoms with E-state index in [0.717, 1.165) is 34.7 Å². The van der Waals surface area contributed by atoms with Gasteiger partial charge in [0, 0.05) is 29.2 Å². The molecule has 0 N–H and O–H groups in total. The highest BCUT2D eigenvalue weighted by Crippen LogP contribution is 2.63. The third kappa shape index (κ3) is 1.80. The van der Waals surface area contributed by atoms with E-state index in [0.29, 0.717) is 6.04 Å². The Morgan fingerprint density at radius 2 is 2.20 bits per heavy atom. The molecule has 3 atom stereocenters. The minimum Gasteiger partial charge on any atom is -0.493 e. The number of ether oxygens (including phenoxy) is 2. The van der Waals surface area contributed by atoms with E-state index in [1.54, 1.807) is 12.7 Å². The van der Waals surface area contributed by atoms with Crippen LogP contribution in [0.2, 0.25) is 0 Å². The lowest BCUT2D eigenvalue weighted by molar-refractivity contribution is 0.0951. The Labute approximate surface area is 156 Å². The molecule has 2 aliphatic heterocycles. The van der Waals surface area contributed by atoms with Crippen LogP contribution in [0, 0.1) is 5.92 Å². The number of allylic oxidation sites excluding steroid dienone is 2. The number of hydrogen-bond acceptors (Lipinski definition) is 3. The number of hydrogen-bond donors (Lipinski definition) is 0. The maximum atomic E-state index is 6.54. The summed E-state index contributed by atoms with van der Waals surface area (Å²) in [5, 5.41) is 0. The van der Waals surface area contributed by atoms with Crippen molar-refractivity contribution in [3.63, 3.8) is 0 Å². The van der Waals surface area contributed by atoms with E-state index in [4.69, 9.17) is 9.47 Å². The fourth-order valence-corrected chi connectivity index (χ4v) is 6.28. The molecule has 5 aliphatic rings. The Morgan fingerprint density at radius 3 is 3.00 bits per heavy atom. The molecule has 4 heteroatoms. The van der Waals surface area contributed by atoms with Gasteiger partial charge in [-0.05, 0) is 54.9 Å². The Morgan fingerprint density at radius 1 is 1.32 bits per heavy atom. The molecule has 3 unspecified atom stereocenters. The zero-order chi connectivity index (χ0) is 16.8. The summed E-state index contributed by atoms with van der Waals surface area (Å²) in [5.41, 5.74) is 4.46. The van der Waals surface area contributed by atoms with Crippen LogP contribution in [0.15, 0.2) is 34.3 Å². The molecule has 0 amide bonds. The van der Waals surface area contributed by atoms with Crippen LogP contribution in [0.4, 0.5) is 0 Å². The second-order valence-corrected chi connectivity index (χ2v) is 9.10. The van der Waals surface area contributed by atoms with Gasteiger partial charge in [-0.15, -0.1) is 0 Å². The normalized spacial score (nSPS) is 34.8. The molecule has 1 spiro atoms. The number of benzene rings is 1. The van der Waals surface area contributed by atoms with E-state index in [9.17, 15) is 0 Å². The minimum absolute atomic E-state index is 0.00968. The van der Waals surface area contributed by atoms with Gasteiger partial charge in [-0.25, -0.2) is 0 Å². The minimum atomic E-state index is 0.00968. The van der Waals surface area contributed by atoms with E-state index in [1.165, 1.54) is 37.1 Å². The van der Waals surface area contributed by atoms with Crippen molar-refractivity contribution in [2.24, 2.45) is 5.92 Å². The fourth-order valence-electron chi connectivity index (χ4n) is 5.66. The molecular weight excluding hydrogens is 378 g/mol. The van der Waals surface area contributed by atoms with Crippen molar-refractivity contribution in [2.75, 3.05) is 20.2 Å². The van der Waals surface area contributed by atoms with E-state index >= 15 is 0 Å². The summed E-state index contributed by atoms with van der Waals surface area (Å²) in [6.45, 7) is 2.45. The summed E-state index contributed by atoms with van der Waals surface area (Å²) in [4.78, 5) is 2.75. The maximum Gasteiger partial charge on any atom is 0.166 e. The van der Waals surface area contributed by atoms with Gasteiger partial charge in [0.2, 0.25) is 0 Å². The highest BCUT2D eigenvalue weighted by Gasteiger charge is 2.61. The summed E-state index contributed by atoms with van der Waals surface area (Å²) < 4.78 is 13.3. The number of likely N-dealkylation sites (tertiary alicyclic amines) is 1. The zero-order valence-electron chi connectivity index (χ0n) is 14.4. The van der Waals surface area contributed by atoms with Gasteiger partial charge in [-0.3, -0.25) is 4.90 Å². The van der Waals surface area contributed by atoms with E-state index < -0.39 is 0 Å². The van der Waals surface area contributed by atoms with Crippen LogP contribution >= 0.6 is 15.9 Å². The van der Waals surface area contributed by atoms with Gasteiger partial charge in [-0.2, -0.15) is 0 Å². The van der Waals surface area contributed by atoms with Gasteiger partial charge >= 0.3 is 0 Å². The van der Waals surface area contributed by atoms with Crippen molar-refractivity contribution < 1.29 is 9.47 Å². The predicted molar refractivity (Wildman–Crippen MR) is 101 cm³/mol. The molecule has 0 aromatic heterocycles. The number of piperidine rings is 1. The second kappa shape index (κ2) is 4.92. The highest BCUT2D eigenvalue weighted by atomic mass is 79.9. The third-order valence-corrected chi connectivity index (χ3v) is 7.62. The standard InChI is InChI=1S/C21H22BrNO2/c1-24-17-7-4-13-10-16-14-5-6-15(22)20-21(14,18(13)19(17)25-20)8-9-23(16)11-12-2-3-12/h4-7,12,16,20H,2-3,8-11H2,1H3. The molecule has 25 heavy (non-hydrogen) atoms. The smallest absolute Gasteiger partial charge is 0.166 e. The molecule has 130 valence electrons. The summed E-state index contributed by atoms with van der Waals surface area (Å²) in [5.74, 6) is 2.79. The van der Waals surface area contributed by atoms with Crippen molar-refractivity contribution in [3.05, 3.63) is 45.5 Å². The molecule has 0 radical (unpaired) electrons. The molecule has 2 fully saturated rings. The number of rotatable bonds is 3. The van der Waals surface area contributed by atoms with Gasteiger partial charge in [0.05, 0.1) is 12.5 Å². The first-order valence-electron chi connectivity index (χ1n) is 9.41. The quantitative estimate of drug-likeness (QED) is 0.767. The van der Waals surface area contributed by atoms with Crippen LogP contribution in [0.25, 0.3) is 0 Å². The predicted octanol–water partition coefficient (Wildman–Crippen LogP) is 3.95. The number of methoxy groups -OCH3 is 1. The van der Waals surface area contributed by atoms with Gasteiger partial charge in [0.15, 0.2) is 11.5 Å². The first kappa shape index (κ1) is 14.9. The lowest BCUT2D eigenvalue weighted by Gasteiger charge is -2.53. The molecular formula is C21H22BrNO2. The molecule has 3 aliphatic carbocycles. The van der Waals surface area contributed by atoms with Crippen LogP contribution in [0.3, 0.4) is 0 Å². The van der Waals surface area contributed by atoms with Crippen molar-refractivity contribution in [3.8, 4) is 11.5 Å². The van der Waals surface area contributed by atoms with Crippen molar-refractivity contribution >= 4 is 15.9 Å². The van der Waals surface area contributed by atoms with Crippen LogP contribution in [0.1, 0.15) is 30.4 Å². The van der Waals surface area contributed by atoms with Gasteiger partial charge in [-0.1, -0.05) is 28.1 Å². The monoisotopic (exact) mass is 399 g/mol. The Bertz CT molecular complexity index is 841. The molecule has 1 aromatic carbocycles. The summed E-state index contributed by atoms with van der Waals surface area (Å²) in [6, 6.07) is 4.90. The van der Waals surface area contributed by atoms with Crippen molar-refractivity contribution in [2.45, 2.75) is 43.2 Å². The first-order valence-corrected chi connectivity index (χ1v) is 10.2. The zero-order valence-corrected chi connectivity index (χ0v) is 16.0. The largest absolute Gasteiger partial charge is 0.493 e. The van der Waals surface area contributed by atoms with Gasteiger partial charge < -0.3 is 9.47 Å². The average Bonchev–Trinajstić information content (AvgIpc) is 3.36. The molecule has 2 bridgehead atoms. The summed E-state index contributed by atoms with van der Waals surface area (Å²) in [6.07, 6.45) is 9.76. The van der Waals surface area contributed by atoms with Crippen LogP contribution in [0.5, 0.6) is 11.5 Å². The van der Waals surface area contributed by atoms with Crippen molar-refractivity contribution in [1.29, 1.82) is 0 Å². The second-order valence-electron chi connectivity index (χ2n) is 8.18. The Hall–Kier alpha value is -1.26. The third-order valence-electron chi connectivity index (χ3n) is 6.94. The SMILES string of the molecule is COc1ccc2c3c1OC1C(Br)=CC=C4C(C2)N(CC2CC2)CCC431. The first-order chi connectivity index (χ1) is 12.2. The summed E-state index contributed by atoms with van der Waals surface area (Å²) >= 11 is 3.80. The van der Waals surface area contributed by atoms with Crippen LogP contribution in [-0.2, 0) is 11.8 Å². The molecule has 6 rings (SSSR count). The van der Waals surface area contributed by atoms with E-state index in [-0.39, 0.29) is 11.5 Å². The average molecular weight is 400 g/mol. The van der Waals surface area contributed by atoms with Gasteiger partial charge in [0.25, 0.3) is 0 Å². The maximum absolute atomic E-state index is 6.54. The molecule has 3 nitrogen and oxygen atoms in total. The van der Waals surface area contributed by atoms with Crippen LogP contribution < -0.4 is 9.47 Å². The van der Waals surface area contributed by atoms with Gasteiger partial charge in [0.1, 0.15) is 6.10 Å². The molecule has 2 heterocycles. The molecule has 1 aromatic rings. The lowest BCUT2D eigenvalue weighted by Crippen LogP contribution is -2.59. The topological polar surface area (TPSA) is 21.7 Å². The lowest BCUT2D eigenvalue weighted by atomic mass is 9.57. The fraction of sp³-hybridized carbons (Fsp3) is 0.524. The Balaban J connectivity index is 1.57. The number of halogens is 1. The highest BCUT2D eigenvalue weighted by molar-refractivity contribution is 9.11. The summed E-state index contributed by atoms with van der Waals surface area (Å²) in [7, 11) is 1.74. The van der Waals surface area contributed by atoms with Crippen molar-refractivity contribution in [1.82, 2.24) is 4.90 Å². The van der Waals surface area contributed by atoms with Crippen LogP contribution in [-0.4, -0.2) is 37.2 Å². The molecule has 1 saturated heterocycles. The Kier molecular flexibility index (Phi) is 2.92. The number of nitrogens with zero attached hydrogens (tertiary/aromatic N) is 1. The van der Waals surface area contributed by atoms with E-state index in [1.807, 2.05) is 0 Å². The molecule has 1 saturated carbocycles. The van der Waals surface area contributed by atoms with E-state index in [2.05, 4.69) is 45.1 Å².